The molecular weight excluding hydrogens is 266 g/mol. The minimum Gasteiger partial charge on any atom is -0.454 e. The van der Waals surface area contributed by atoms with Gasteiger partial charge in [-0.1, -0.05) is 12.1 Å². The predicted molar refractivity (Wildman–Crippen MR) is 78.5 cm³/mol. The topological polar surface area (TPSA) is 69.2 Å². The lowest BCUT2D eigenvalue weighted by molar-refractivity contribution is 0.174. The van der Waals surface area contributed by atoms with Crippen LogP contribution < -0.4 is 15.2 Å². The van der Waals surface area contributed by atoms with Crippen LogP contribution >= 0.6 is 0 Å². The molecule has 0 amide bonds. The van der Waals surface area contributed by atoms with Crippen LogP contribution in [-0.4, -0.2) is 6.79 Å². The molecule has 0 bridgehead atoms. The lowest BCUT2D eigenvalue weighted by Gasteiger charge is -2.23. The van der Waals surface area contributed by atoms with Gasteiger partial charge in [0.2, 0.25) is 6.79 Å². The molecule has 5 heteroatoms. The highest BCUT2D eigenvalue weighted by Gasteiger charge is 2.28. The van der Waals surface area contributed by atoms with Gasteiger partial charge in [0.15, 0.2) is 11.5 Å². The van der Waals surface area contributed by atoms with Crippen molar-refractivity contribution >= 4 is 5.69 Å². The number of azo groups is 1. The predicted octanol–water partition coefficient (Wildman–Crippen LogP) is 3.61. The van der Waals surface area contributed by atoms with Crippen molar-refractivity contribution < 1.29 is 9.47 Å². The first-order valence-corrected chi connectivity index (χ1v) is 6.91. The number of nitrogens with zero attached hydrogens (tertiary/aromatic N) is 2. The zero-order valence-corrected chi connectivity index (χ0v) is 11.6. The number of ether oxygens (including phenoxy) is 2. The number of rotatable bonds is 1. The van der Waals surface area contributed by atoms with E-state index >= 15 is 0 Å². The second-order valence-corrected chi connectivity index (χ2v) is 5.31. The third kappa shape index (κ3) is 1.93. The molecule has 2 aliphatic heterocycles. The summed E-state index contributed by atoms with van der Waals surface area (Å²) in [7, 11) is 0. The summed E-state index contributed by atoms with van der Waals surface area (Å²) in [5.74, 6) is 1.56. The van der Waals surface area contributed by atoms with Crippen LogP contribution in [0.25, 0.3) is 0 Å². The van der Waals surface area contributed by atoms with E-state index in [1.165, 1.54) is 0 Å². The van der Waals surface area contributed by atoms with E-state index in [-0.39, 0.29) is 18.9 Å². The molecule has 5 nitrogen and oxygen atoms in total. The molecule has 2 unspecified atom stereocenters. The maximum Gasteiger partial charge on any atom is 0.231 e. The van der Waals surface area contributed by atoms with Crippen LogP contribution in [0.15, 0.2) is 46.6 Å². The van der Waals surface area contributed by atoms with E-state index in [1.807, 2.05) is 43.3 Å². The fourth-order valence-corrected chi connectivity index (χ4v) is 2.79. The first-order valence-electron chi connectivity index (χ1n) is 6.91. The van der Waals surface area contributed by atoms with Gasteiger partial charge in [-0.15, -0.1) is 0 Å². The Kier molecular flexibility index (Phi) is 2.60. The Bertz CT molecular complexity index is 725. The highest BCUT2D eigenvalue weighted by atomic mass is 16.7. The van der Waals surface area contributed by atoms with Crippen LogP contribution in [0.5, 0.6) is 11.5 Å². The van der Waals surface area contributed by atoms with Crippen molar-refractivity contribution in [2.24, 2.45) is 10.2 Å². The van der Waals surface area contributed by atoms with Gasteiger partial charge in [-0.2, -0.15) is 10.2 Å². The number of hydrogen-bond acceptors (Lipinski definition) is 5. The summed E-state index contributed by atoms with van der Waals surface area (Å²) in [4.78, 5) is 0. The molecule has 21 heavy (non-hydrogen) atoms. The Morgan fingerprint density at radius 3 is 2.38 bits per heavy atom. The molecule has 2 heterocycles. The summed E-state index contributed by atoms with van der Waals surface area (Å²) < 4.78 is 10.9. The Hall–Kier alpha value is -2.56. The van der Waals surface area contributed by atoms with E-state index in [0.29, 0.717) is 0 Å². The van der Waals surface area contributed by atoms with Crippen molar-refractivity contribution in [1.29, 1.82) is 0 Å². The molecule has 0 radical (unpaired) electrons. The molecule has 2 aliphatic rings. The Labute approximate surface area is 122 Å². The summed E-state index contributed by atoms with van der Waals surface area (Å²) in [6.45, 7) is 2.30. The normalized spacial score (nSPS) is 22.1. The van der Waals surface area contributed by atoms with E-state index in [1.54, 1.807) is 0 Å². The lowest BCUT2D eigenvalue weighted by Crippen LogP contribution is -2.09. The lowest BCUT2D eigenvalue weighted by atomic mass is 9.90. The number of benzene rings is 2. The van der Waals surface area contributed by atoms with Crippen molar-refractivity contribution in [3.63, 3.8) is 0 Å². The fourth-order valence-electron chi connectivity index (χ4n) is 2.79. The molecule has 0 aliphatic carbocycles. The third-order valence-corrected chi connectivity index (χ3v) is 3.93. The monoisotopic (exact) mass is 281 g/mol. The number of anilines is 1. The summed E-state index contributed by atoms with van der Waals surface area (Å²) in [6.07, 6.45) is 0. The zero-order valence-electron chi connectivity index (χ0n) is 11.6. The van der Waals surface area contributed by atoms with Crippen LogP contribution in [0.1, 0.15) is 35.7 Å². The fraction of sp³-hybridized carbons (Fsp3) is 0.250. The SMILES string of the molecule is CC1N=NC(c2ccc(N)cc2)c2cc3c(cc21)OCO3. The molecule has 0 aromatic heterocycles. The molecule has 106 valence electrons. The van der Waals surface area contributed by atoms with E-state index in [0.717, 1.165) is 33.9 Å². The van der Waals surface area contributed by atoms with Gasteiger partial charge >= 0.3 is 0 Å². The molecule has 2 N–H and O–H groups in total. The molecule has 2 atom stereocenters. The third-order valence-electron chi connectivity index (χ3n) is 3.93. The minimum atomic E-state index is -0.119. The number of nitrogens with two attached hydrogens (primary N) is 1. The first kappa shape index (κ1) is 12.2. The van der Waals surface area contributed by atoms with E-state index < -0.39 is 0 Å². The van der Waals surface area contributed by atoms with E-state index in [4.69, 9.17) is 15.2 Å². The molecule has 0 fully saturated rings. The molecule has 2 aromatic rings. The van der Waals surface area contributed by atoms with Crippen molar-refractivity contribution in [2.75, 3.05) is 12.5 Å². The van der Waals surface area contributed by atoms with Crippen molar-refractivity contribution in [1.82, 2.24) is 0 Å². The smallest absolute Gasteiger partial charge is 0.231 e. The molecule has 2 aromatic carbocycles. The average molecular weight is 281 g/mol. The summed E-state index contributed by atoms with van der Waals surface area (Å²) in [5.41, 5.74) is 9.82. The van der Waals surface area contributed by atoms with Gasteiger partial charge < -0.3 is 15.2 Å². The number of hydrogen-bond donors (Lipinski definition) is 1. The maximum atomic E-state index is 5.76. The van der Waals surface area contributed by atoms with E-state index in [2.05, 4.69) is 10.2 Å². The second-order valence-electron chi connectivity index (χ2n) is 5.31. The van der Waals surface area contributed by atoms with Gasteiger partial charge in [0.05, 0.1) is 6.04 Å². The Morgan fingerprint density at radius 1 is 1.00 bits per heavy atom. The number of nitrogen functional groups attached to an aromatic ring is 1. The average Bonchev–Trinajstić information content (AvgIpc) is 2.95. The largest absolute Gasteiger partial charge is 0.454 e. The Balaban J connectivity index is 1.84. The zero-order chi connectivity index (χ0) is 14.4. The summed E-state index contributed by atoms with van der Waals surface area (Å²) >= 11 is 0. The van der Waals surface area contributed by atoms with Gasteiger partial charge in [0.25, 0.3) is 0 Å². The second kappa shape index (κ2) is 4.48. The van der Waals surface area contributed by atoms with Gasteiger partial charge in [0.1, 0.15) is 6.04 Å². The Morgan fingerprint density at radius 2 is 1.67 bits per heavy atom. The molecule has 0 saturated heterocycles. The van der Waals surface area contributed by atoms with Crippen LogP contribution in [0, 0.1) is 0 Å². The highest BCUT2D eigenvalue weighted by molar-refractivity contribution is 5.53. The van der Waals surface area contributed by atoms with Crippen molar-refractivity contribution in [2.45, 2.75) is 19.0 Å². The van der Waals surface area contributed by atoms with E-state index in [9.17, 15) is 0 Å². The maximum absolute atomic E-state index is 5.76. The van der Waals surface area contributed by atoms with Crippen molar-refractivity contribution in [3.05, 3.63) is 53.1 Å². The highest BCUT2D eigenvalue weighted by Crippen LogP contribution is 2.44. The standard InChI is InChI=1S/C16H15N3O2/c1-9-12-6-14-15(21-8-20-14)7-13(12)16(19-18-9)10-2-4-11(17)5-3-10/h2-7,9,16H,8,17H2,1H3. The van der Waals surface area contributed by atoms with Crippen LogP contribution in [-0.2, 0) is 0 Å². The quantitative estimate of drug-likeness (QED) is 0.812. The van der Waals surface area contributed by atoms with Crippen LogP contribution in [0.3, 0.4) is 0 Å². The molecule has 0 spiro atoms. The van der Waals surface area contributed by atoms with Gasteiger partial charge in [-0.05, 0) is 47.9 Å². The van der Waals surface area contributed by atoms with Crippen LogP contribution in [0.2, 0.25) is 0 Å². The summed E-state index contributed by atoms with van der Waals surface area (Å²) in [6, 6.07) is 11.7. The molecular formula is C16H15N3O2. The summed E-state index contributed by atoms with van der Waals surface area (Å²) in [5, 5.41) is 8.84. The molecule has 4 rings (SSSR count). The van der Waals surface area contributed by atoms with Crippen LogP contribution in [0.4, 0.5) is 5.69 Å². The minimum absolute atomic E-state index is 0.0273. The van der Waals surface area contributed by atoms with Crippen molar-refractivity contribution in [3.8, 4) is 11.5 Å². The number of fused-ring (bicyclic) bond motifs is 2. The first-order chi connectivity index (χ1) is 10.2. The van der Waals surface area contributed by atoms with Gasteiger partial charge in [-0.25, -0.2) is 0 Å². The molecule has 0 saturated carbocycles. The van der Waals surface area contributed by atoms with Gasteiger partial charge in [0, 0.05) is 5.69 Å². The van der Waals surface area contributed by atoms with Gasteiger partial charge in [-0.3, -0.25) is 0 Å².